The molecule has 0 saturated heterocycles. The predicted octanol–water partition coefficient (Wildman–Crippen LogP) is 5.75. The monoisotopic (exact) mass is 498 g/mol. The van der Waals surface area contributed by atoms with Gasteiger partial charge in [0.1, 0.15) is 5.75 Å². The highest BCUT2D eigenvalue weighted by atomic mass is 32.2. The number of para-hydroxylation sites is 1. The number of nitrogens with one attached hydrogen (secondary N) is 1. The number of methoxy groups -OCH3 is 1. The van der Waals surface area contributed by atoms with Crippen LogP contribution in [0, 0.1) is 0 Å². The van der Waals surface area contributed by atoms with Crippen LogP contribution >= 0.6 is 11.8 Å². The molecule has 0 atom stereocenters. The van der Waals surface area contributed by atoms with Crippen molar-refractivity contribution in [2.24, 2.45) is 0 Å². The maximum Gasteiger partial charge on any atom is 0.416 e. The van der Waals surface area contributed by atoms with E-state index in [1.807, 2.05) is 59.2 Å². The molecule has 0 bridgehead atoms. The van der Waals surface area contributed by atoms with Crippen molar-refractivity contribution < 1.29 is 22.7 Å². The van der Waals surface area contributed by atoms with Crippen LogP contribution in [0.15, 0.2) is 84.0 Å². The van der Waals surface area contributed by atoms with Gasteiger partial charge in [-0.1, -0.05) is 60.3 Å². The lowest BCUT2D eigenvalue weighted by Crippen LogP contribution is -2.15. The summed E-state index contributed by atoms with van der Waals surface area (Å²) in [7, 11) is 1.57. The molecule has 3 aromatic carbocycles. The van der Waals surface area contributed by atoms with Crippen molar-refractivity contribution in [1.82, 2.24) is 14.8 Å². The molecule has 0 saturated carbocycles. The van der Waals surface area contributed by atoms with E-state index in [0.29, 0.717) is 23.3 Å². The van der Waals surface area contributed by atoms with Crippen LogP contribution in [-0.2, 0) is 17.5 Å². The third-order valence-corrected chi connectivity index (χ3v) is 6.02. The fraction of sp³-hybridized carbons (Fsp3) is 0.160. The molecule has 0 unspecified atom stereocenters. The van der Waals surface area contributed by atoms with Crippen molar-refractivity contribution in [3.63, 3.8) is 0 Å². The first-order chi connectivity index (χ1) is 16.8. The van der Waals surface area contributed by atoms with Gasteiger partial charge in [-0.15, -0.1) is 10.2 Å². The smallest absolute Gasteiger partial charge is 0.416 e. The molecular formula is C25H21F3N4O2S. The molecule has 1 amide bonds. The quantitative estimate of drug-likeness (QED) is 0.313. The lowest BCUT2D eigenvalue weighted by molar-refractivity contribution is -0.137. The van der Waals surface area contributed by atoms with Crippen LogP contribution in [0.5, 0.6) is 5.75 Å². The summed E-state index contributed by atoms with van der Waals surface area (Å²) < 4.78 is 46.2. The predicted molar refractivity (Wildman–Crippen MR) is 128 cm³/mol. The number of rotatable bonds is 8. The summed E-state index contributed by atoms with van der Waals surface area (Å²) in [5, 5.41) is 11.6. The minimum atomic E-state index is -4.49. The number of amides is 1. The van der Waals surface area contributed by atoms with E-state index in [9.17, 15) is 18.0 Å². The first kappa shape index (κ1) is 24.3. The molecular weight excluding hydrogens is 477 g/mol. The van der Waals surface area contributed by atoms with Gasteiger partial charge in [-0.05, 0) is 35.9 Å². The van der Waals surface area contributed by atoms with Gasteiger partial charge >= 0.3 is 6.18 Å². The van der Waals surface area contributed by atoms with E-state index in [2.05, 4.69) is 15.5 Å². The fourth-order valence-corrected chi connectivity index (χ4v) is 4.17. The molecule has 0 spiro atoms. The van der Waals surface area contributed by atoms with Gasteiger partial charge in [-0.25, -0.2) is 0 Å². The van der Waals surface area contributed by atoms with E-state index in [0.717, 1.165) is 35.0 Å². The third kappa shape index (κ3) is 6.02. The Kier molecular flexibility index (Phi) is 7.40. The fourth-order valence-electron chi connectivity index (χ4n) is 3.43. The number of anilines is 1. The molecule has 1 heterocycles. The van der Waals surface area contributed by atoms with E-state index < -0.39 is 17.6 Å². The minimum absolute atomic E-state index is 0.0604. The Morgan fingerprint density at radius 1 is 1.00 bits per heavy atom. The molecule has 180 valence electrons. The van der Waals surface area contributed by atoms with Crippen molar-refractivity contribution in [2.75, 3.05) is 18.2 Å². The SMILES string of the molecule is COc1ccccc1-c1nnc(SCC(=O)Nc2cccc(C(F)(F)F)c2)n1Cc1ccccc1. The van der Waals surface area contributed by atoms with Crippen molar-refractivity contribution in [3.05, 3.63) is 90.0 Å². The largest absolute Gasteiger partial charge is 0.496 e. The summed E-state index contributed by atoms with van der Waals surface area (Å²) in [5.74, 6) is 0.692. The summed E-state index contributed by atoms with van der Waals surface area (Å²) in [6.45, 7) is 0.457. The summed E-state index contributed by atoms with van der Waals surface area (Å²) in [4.78, 5) is 12.5. The molecule has 35 heavy (non-hydrogen) atoms. The molecule has 0 aliphatic carbocycles. The number of ether oxygens (including phenoxy) is 1. The van der Waals surface area contributed by atoms with Gasteiger partial charge in [0.05, 0.1) is 30.5 Å². The number of benzene rings is 3. The lowest BCUT2D eigenvalue weighted by atomic mass is 10.1. The van der Waals surface area contributed by atoms with Crippen molar-refractivity contribution in [2.45, 2.75) is 17.9 Å². The van der Waals surface area contributed by atoms with Gasteiger partial charge in [-0.3, -0.25) is 9.36 Å². The van der Waals surface area contributed by atoms with Crippen LogP contribution < -0.4 is 10.1 Å². The lowest BCUT2D eigenvalue weighted by Gasteiger charge is -2.13. The molecule has 0 fully saturated rings. The second kappa shape index (κ2) is 10.6. The maximum absolute atomic E-state index is 13.0. The Balaban J connectivity index is 1.55. The zero-order valence-corrected chi connectivity index (χ0v) is 19.4. The third-order valence-electron chi connectivity index (χ3n) is 5.05. The van der Waals surface area contributed by atoms with Crippen LogP contribution in [0.3, 0.4) is 0 Å². The van der Waals surface area contributed by atoms with Gasteiger partial charge < -0.3 is 10.1 Å². The molecule has 10 heteroatoms. The van der Waals surface area contributed by atoms with Crippen molar-refractivity contribution >= 4 is 23.4 Å². The highest BCUT2D eigenvalue weighted by Crippen LogP contribution is 2.32. The molecule has 0 aliphatic heterocycles. The number of thioether (sulfide) groups is 1. The van der Waals surface area contributed by atoms with Gasteiger partial charge in [0.25, 0.3) is 0 Å². The number of carbonyl (C=O) groups excluding carboxylic acids is 1. The standard InChI is InChI=1S/C25H21F3N4O2S/c1-34-21-13-6-5-12-20(21)23-30-31-24(32(23)15-17-8-3-2-4-9-17)35-16-22(33)29-19-11-7-10-18(14-19)25(26,27)28/h2-14H,15-16H2,1H3,(H,29,33). The Hall–Kier alpha value is -3.79. The van der Waals surface area contributed by atoms with E-state index in [4.69, 9.17) is 4.74 Å². The number of hydrogen-bond donors (Lipinski definition) is 1. The van der Waals surface area contributed by atoms with Crippen LogP contribution in [0.25, 0.3) is 11.4 Å². The first-order valence-electron chi connectivity index (χ1n) is 10.6. The summed E-state index contributed by atoms with van der Waals surface area (Å²) >= 11 is 1.15. The van der Waals surface area contributed by atoms with E-state index in [1.54, 1.807) is 7.11 Å². The number of halogens is 3. The van der Waals surface area contributed by atoms with E-state index in [1.165, 1.54) is 12.1 Å². The average molecular weight is 499 g/mol. The Bertz CT molecular complexity index is 1310. The van der Waals surface area contributed by atoms with Crippen LogP contribution in [0.1, 0.15) is 11.1 Å². The Morgan fingerprint density at radius 2 is 1.74 bits per heavy atom. The molecule has 6 nitrogen and oxygen atoms in total. The average Bonchev–Trinajstić information content (AvgIpc) is 3.25. The molecule has 0 aliphatic rings. The topological polar surface area (TPSA) is 69.0 Å². The first-order valence-corrected chi connectivity index (χ1v) is 11.5. The molecule has 0 radical (unpaired) electrons. The number of hydrogen-bond acceptors (Lipinski definition) is 5. The normalized spacial score (nSPS) is 11.3. The number of nitrogens with zero attached hydrogens (tertiary/aromatic N) is 3. The van der Waals surface area contributed by atoms with Gasteiger partial charge in [-0.2, -0.15) is 13.2 Å². The van der Waals surface area contributed by atoms with Crippen molar-refractivity contribution in [1.29, 1.82) is 0 Å². The zero-order valence-electron chi connectivity index (χ0n) is 18.6. The summed E-state index contributed by atoms with van der Waals surface area (Å²) in [6.07, 6.45) is -4.49. The molecule has 4 aromatic rings. The number of alkyl halides is 3. The van der Waals surface area contributed by atoms with Gasteiger partial charge in [0, 0.05) is 5.69 Å². The Morgan fingerprint density at radius 3 is 2.49 bits per heavy atom. The Labute approximate surface area is 204 Å². The molecule has 1 N–H and O–H groups in total. The maximum atomic E-state index is 13.0. The highest BCUT2D eigenvalue weighted by Gasteiger charge is 2.30. The highest BCUT2D eigenvalue weighted by molar-refractivity contribution is 7.99. The number of aromatic nitrogens is 3. The molecule has 1 aromatic heterocycles. The van der Waals surface area contributed by atoms with E-state index in [-0.39, 0.29) is 11.4 Å². The second-order valence-corrected chi connectivity index (χ2v) is 8.44. The van der Waals surface area contributed by atoms with E-state index >= 15 is 0 Å². The van der Waals surface area contributed by atoms with Crippen LogP contribution in [-0.4, -0.2) is 33.5 Å². The zero-order chi connectivity index (χ0) is 24.8. The number of carbonyl (C=O) groups is 1. The summed E-state index contributed by atoms with van der Waals surface area (Å²) in [6, 6.07) is 21.7. The van der Waals surface area contributed by atoms with Crippen LogP contribution in [0.4, 0.5) is 18.9 Å². The van der Waals surface area contributed by atoms with Gasteiger partial charge in [0.15, 0.2) is 11.0 Å². The van der Waals surface area contributed by atoms with Crippen LogP contribution in [0.2, 0.25) is 0 Å². The van der Waals surface area contributed by atoms with Gasteiger partial charge in [0.2, 0.25) is 5.91 Å². The second-order valence-electron chi connectivity index (χ2n) is 7.49. The summed E-state index contributed by atoms with van der Waals surface area (Å²) in [5.41, 5.74) is 1.01. The van der Waals surface area contributed by atoms with Crippen molar-refractivity contribution in [3.8, 4) is 17.1 Å². The molecule has 4 rings (SSSR count). The minimum Gasteiger partial charge on any atom is -0.496 e.